The quantitative estimate of drug-likeness (QED) is 0.140. The number of hydrogen-bond donors (Lipinski definition) is 0. The van der Waals surface area contributed by atoms with Crippen LogP contribution in [-0.4, -0.2) is 0 Å². The predicted molar refractivity (Wildman–Crippen MR) is 147 cm³/mol. The monoisotopic (exact) mass is 442 g/mol. The molecule has 0 heterocycles. The van der Waals surface area contributed by atoms with Gasteiger partial charge >= 0.3 is 0 Å². The van der Waals surface area contributed by atoms with Gasteiger partial charge in [0.25, 0.3) is 0 Å². The minimum Gasteiger partial charge on any atom is -0.0654 e. The molecule has 0 bridgehead atoms. The van der Waals surface area contributed by atoms with Gasteiger partial charge < -0.3 is 0 Å². The Balaban J connectivity index is 1.94. The normalized spacial score (nSPS) is 11.3. The van der Waals surface area contributed by atoms with Crippen molar-refractivity contribution in [3.8, 4) is 0 Å². The first kappa shape index (κ1) is 29.3. The second kappa shape index (κ2) is 23.4. The van der Waals surface area contributed by atoms with Crippen LogP contribution in [0.15, 0.2) is 24.3 Å². The average molecular weight is 443 g/mol. The van der Waals surface area contributed by atoms with Gasteiger partial charge in [0.2, 0.25) is 0 Å². The smallest absolute Gasteiger partial charge is 0.0279 e. The number of hydrogen-bond acceptors (Lipinski definition) is 0. The van der Waals surface area contributed by atoms with Crippen LogP contribution >= 0.6 is 0 Å². The average Bonchev–Trinajstić information content (AvgIpc) is 2.81. The largest absolute Gasteiger partial charge is 0.0654 e. The van der Waals surface area contributed by atoms with Crippen LogP contribution in [0.2, 0.25) is 0 Å². The van der Waals surface area contributed by atoms with Gasteiger partial charge in [-0.2, -0.15) is 0 Å². The molecule has 0 unspecified atom stereocenters. The third kappa shape index (κ3) is 18.8. The molecule has 0 aromatic heterocycles. The fraction of sp³-hybridized carbons (Fsp3) is 0.812. The summed E-state index contributed by atoms with van der Waals surface area (Å²) in [5, 5.41) is 0. The van der Waals surface area contributed by atoms with E-state index in [1.807, 2.05) is 0 Å². The van der Waals surface area contributed by atoms with Crippen molar-refractivity contribution in [2.75, 3.05) is 0 Å². The first-order valence-corrected chi connectivity index (χ1v) is 14.9. The zero-order valence-corrected chi connectivity index (χ0v) is 22.3. The summed E-state index contributed by atoms with van der Waals surface area (Å²) in [4.78, 5) is 0. The zero-order chi connectivity index (χ0) is 23.0. The maximum Gasteiger partial charge on any atom is -0.0279 e. The molecule has 0 aliphatic heterocycles. The second-order valence-electron chi connectivity index (χ2n) is 10.4. The van der Waals surface area contributed by atoms with E-state index in [1.54, 1.807) is 11.1 Å². The van der Waals surface area contributed by atoms with Crippen LogP contribution in [0.3, 0.4) is 0 Å². The summed E-state index contributed by atoms with van der Waals surface area (Å²) in [6.07, 6.45) is 34.1. The van der Waals surface area contributed by atoms with Gasteiger partial charge in [0, 0.05) is 0 Å². The Morgan fingerprint density at radius 3 is 0.969 bits per heavy atom. The van der Waals surface area contributed by atoms with Gasteiger partial charge in [-0.25, -0.2) is 0 Å². The van der Waals surface area contributed by atoms with E-state index in [0.717, 1.165) is 0 Å². The van der Waals surface area contributed by atoms with Crippen LogP contribution in [0.4, 0.5) is 0 Å². The van der Waals surface area contributed by atoms with Crippen molar-refractivity contribution in [2.24, 2.45) is 0 Å². The lowest BCUT2D eigenvalue weighted by molar-refractivity contribution is 0.549. The lowest BCUT2D eigenvalue weighted by atomic mass is 9.99. The van der Waals surface area contributed by atoms with E-state index < -0.39 is 0 Å². The summed E-state index contributed by atoms with van der Waals surface area (Å²) in [5.74, 6) is 0. The summed E-state index contributed by atoms with van der Waals surface area (Å²) < 4.78 is 0. The molecule has 186 valence electrons. The molecule has 0 spiro atoms. The van der Waals surface area contributed by atoms with Crippen LogP contribution in [0.5, 0.6) is 0 Å². The lowest BCUT2D eigenvalue weighted by Crippen LogP contribution is -1.91. The van der Waals surface area contributed by atoms with Gasteiger partial charge in [-0.3, -0.25) is 0 Å². The first-order valence-electron chi connectivity index (χ1n) is 14.9. The van der Waals surface area contributed by atoms with Crippen molar-refractivity contribution < 1.29 is 0 Å². The van der Waals surface area contributed by atoms with Crippen LogP contribution < -0.4 is 0 Å². The topological polar surface area (TPSA) is 0 Å². The molecular formula is C32H58. The molecule has 0 aliphatic carbocycles. The van der Waals surface area contributed by atoms with Gasteiger partial charge in [0.15, 0.2) is 0 Å². The highest BCUT2D eigenvalue weighted by Gasteiger charge is 1.99. The van der Waals surface area contributed by atoms with Crippen molar-refractivity contribution in [2.45, 2.75) is 168 Å². The SMILES string of the molecule is CCCCCCCCCCCCCc1cccc(CCCCCCCCCCCCC)c1. The van der Waals surface area contributed by atoms with Gasteiger partial charge in [0.05, 0.1) is 0 Å². The highest BCUT2D eigenvalue weighted by molar-refractivity contribution is 5.23. The van der Waals surface area contributed by atoms with Crippen LogP contribution in [0.25, 0.3) is 0 Å². The summed E-state index contributed by atoms with van der Waals surface area (Å²) >= 11 is 0. The van der Waals surface area contributed by atoms with Gasteiger partial charge in [-0.15, -0.1) is 0 Å². The maximum atomic E-state index is 2.49. The Bertz CT molecular complexity index is 447. The van der Waals surface area contributed by atoms with E-state index in [-0.39, 0.29) is 0 Å². The minimum atomic E-state index is 1.28. The molecule has 0 aliphatic rings. The highest BCUT2D eigenvalue weighted by Crippen LogP contribution is 2.16. The Labute approximate surface area is 203 Å². The standard InChI is InChI=1S/C32H58/c1-3-5-7-9-11-13-15-17-19-21-23-26-31-28-25-29-32(30-31)27-24-22-20-18-16-14-12-10-8-6-4-2/h25,28-30H,3-24,26-27H2,1-2H3. The minimum absolute atomic E-state index is 1.28. The Morgan fingerprint density at radius 1 is 0.375 bits per heavy atom. The molecule has 0 heteroatoms. The van der Waals surface area contributed by atoms with Crippen molar-refractivity contribution in [1.82, 2.24) is 0 Å². The van der Waals surface area contributed by atoms with E-state index in [9.17, 15) is 0 Å². The third-order valence-corrected chi connectivity index (χ3v) is 7.13. The van der Waals surface area contributed by atoms with E-state index in [0.29, 0.717) is 0 Å². The summed E-state index contributed by atoms with van der Waals surface area (Å²) in [6, 6.07) is 9.48. The van der Waals surface area contributed by atoms with Gasteiger partial charge in [0.1, 0.15) is 0 Å². The van der Waals surface area contributed by atoms with E-state index in [4.69, 9.17) is 0 Å². The number of aryl methyl sites for hydroxylation is 2. The lowest BCUT2D eigenvalue weighted by Gasteiger charge is -2.07. The van der Waals surface area contributed by atoms with E-state index >= 15 is 0 Å². The third-order valence-electron chi connectivity index (χ3n) is 7.13. The molecule has 0 fully saturated rings. The molecule has 32 heavy (non-hydrogen) atoms. The number of unbranched alkanes of at least 4 members (excludes halogenated alkanes) is 20. The summed E-state index contributed by atoms with van der Waals surface area (Å²) in [7, 11) is 0. The molecule has 1 aromatic carbocycles. The van der Waals surface area contributed by atoms with Crippen molar-refractivity contribution in [3.63, 3.8) is 0 Å². The van der Waals surface area contributed by atoms with Crippen LogP contribution in [0.1, 0.15) is 166 Å². The zero-order valence-electron chi connectivity index (χ0n) is 22.3. The summed E-state index contributed by atoms with van der Waals surface area (Å²) in [5.41, 5.74) is 3.14. The van der Waals surface area contributed by atoms with Crippen LogP contribution in [0, 0.1) is 0 Å². The predicted octanol–water partition coefficient (Wildman–Crippen LogP) is 11.4. The van der Waals surface area contributed by atoms with Crippen molar-refractivity contribution >= 4 is 0 Å². The van der Waals surface area contributed by atoms with E-state index in [1.165, 1.54) is 154 Å². The molecule has 1 rings (SSSR count). The molecule has 0 saturated heterocycles. The molecule has 0 atom stereocenters. The first-order chi connectivity index (χ1) is 15.9. The molecule has 0 nitrogen and oxygen atoms in total. The van der Waals surface area contributed by atoms with Gasteiger partial charge in [-0.1, -0.05) is 167 Å². The van der Waals surface area contributed by atoms with Crippen molar-refractivity contribution in [1.29, 1.82) is 0 Å². The maximum absolute atomic E-state index is 2.49. The van der Waals surface area contributed by atoms with Crippen LogP contribution in [-0.2, 0) is 12.8 Å². The van der Waals surface area contributed by atoms with Crippen molar-refractivity contribution in [3.05, 3.63) is 35.4 Å². The molecular weight excluding hydrogens is 384 g/mol. The second-order valence-corrected chi connectivity index (χ2v) is 10.4. The molecule has 0 amide bonds. The highest BCUT2D eigenvalue weighted by atomic mass is 14.1. The Hall–Kier alpha value is -0.780. The molecule has 0 radical (unpaired) electrons. The van der Waals surface area contributed by atoms with E-state index in [2.05, 4.69) is 38.1 Å². The van der Waals surface area contributed by atoms with Gasteiger partial charge in [-0.05, 0) is 36.8 Å². The summed E-state index contributed by atoms with van der Waals surface area (Å²) in [6.45, 7) is 4.60. The molecule has 0 saturated carbocycles. The fourth-order valence-corrected chi connectivity index (χ4v) is 4.93. The number of benzene rings is 1. The number of rotatable bonds is 24. The Morgan fingerprint density at radius 2 is 0.656 bits per heavy atom. The molecule has 0 N–H and O–H groups in total. The fourth-order valence-electron chi connectivity index (χ4n) is 4.93. The Kier molecular flexibility index (Phi) is 21.4. The molecule has 1 aromatic rings.